The Hall–Kier alpha value is -3.48. The van der Waals surface area contributed by atoms with Gasteiger partial charge in [-0.3, -0.25) is 9.59 Å². The molecule has 162 valence electrons. The number of nitrogens with zero attached hydrogens (tertiary/aromatic N) is 1. The number of imide groups is 1. The minimum absolute atomic E-state index is 0.115. The lowest BCUT2D eigenvalue weighted by Crippen LogP contribution is -2.32. The van der Waals surface area contributed by atoms with Gasteiger partial charge in [0.2, 0.25) is 0 Å². The van der Waals surface area contributed by atoms with Crippen LogP contribution in [0.4, 0.5) is 11.4 Å². The van der Waals surface area contributed by atoms with Gasteiger partial charge in [0.1, 0.15) is 5.70 Å². The van der Waals surface area contributed by atoms with Crippen molar-refractivity contribution in [3.05, 3.63) is 88.0 Å². The molecule has 0 saturated carbocycles. The van der Waals surface area contributed by atoms with Gasteiger partial charge in [-0.15, -0.1) is 0 Å². The van der Waals surface area contributed by atoms with Crippen molar-refractivity contribution in [2.45, 2.75) is 0 Å². The fourth-order valence-electron chi connectivity index (χ4n) is 3.46. The molecule has 0 unspecified atom stereocenters. The van der Waals surface area contributed by atoms with Gasteiger partial charge in [-0.1, -0.05) is 59.6 Å². The molecule has 0 fully saturated rings. The molecule has 0 spiro atoms. The summed E-state index contributed by atoms with van der Waals surface area (Å²) in [5, 5.41) is 3.45. The molecule has 0 saturated heterocycles. The van der Waals surface area contributed by atoms with E-state index in [0.29, 0.717) is 22.7 Å². The van der Waals surface area contributed by atoms with Crippen LogP contribution in [-0.2, 0) is 9.59 Å². The maximum Gasteiger partial charge on any atom is 0.282 e. The summed E-state index contributed by atoms with van der Waals surface area (Å²) in [5.41, 5.74) is 1.69. The number of anilines is 2. The Kier molecular flexibility index (Phi) is 6.08. The van der Waals surface area contributed by atoms with Crippen molar-refractivity contribution in [2.24, 2.45) is 0 Å². The van der Waals surface area contributed by atoms with Crippen molar-refractivity contribution in [2.75, 3.05) is 24.4 Å². The first-order chi connectivity index (χ1) is 15.5. The number of carbonyl (C=O) groups is 2. The fraction of sp³-hybridized carbons (Fsp3) is 0.0833. The molecular weight excluding hydrogens is 451 g/mol. The number of halogens is 2. The molecule has 0 atom stereocenters. The first-order valence-electron chi connectivity index (χ1n) is 9.57. The molecule has 1 N–H and O–H groups in total. The molecule has 4 rings (SSSR count). The number of nitrogens with one attached hydrogen (secondary N) is 1. The van der Waals surface area contributed by atoms with Gasteiger partial charge in [-0.25, -0.2) is 4.90 Å². The normalized spacial score (nSPS) is 13.6. The molecule has 1 heterocycles. The second-order valence-electron chi connectivity index (χ2n) is 6.83. The first-order valence-corrected chi connectivity index (χ1v) is 10.3. The zero-order valence-corrected chi connectivity index (χ0v) is 18.7. The molecule has 8 heteroatoms. The van der Waals surface area contributed by atoms with Crippen LogP contribution in [0.5, 0.6) is 11.5 Å². The second-order valence-corrected chi connectivity index (χ2v) is 7.61. The Morgan fingerprint density at radius 1 is 0.812 bits per heavy atom. The standard InChI is InChI=1S/C24H18Cl2N2O4/c1-31-18-12-11-15(13-19(18)32-2)27-22-20(14-7-4-3-5-8-14)23(29)28(24(22)30)17-10-6-9-16(25)21(17)26/h3-13,27H,1-2H3. The van der Waals surface area contributed by atoms with Gasteiger partial charge in [-0.2, -0.15) is 0 Å². The van der Waals surface area contributed by atoms with E-state index in [0.717, 1.165) is 4.90 Å². The van der Waals surface area contributed by atoms with Crippen LogP contribution < -0.4 is 19.7 Å². The molecule has 0 aliphatic carbocycles. The summed E-state index contributed by atoms with van der Waals surface area (Å²) in [5.74, 6) is -0.0384. The topological polar surface area (TPSA) is 67.9 Å². The van der Waals surface area contributed by atoms with Crippen LogP contribution in [0, 0.1) is 0 Å². The fourth-order valence-corrected chi connectivity index (χ4v) is 3.84. The first kappa shape index (κ1) is 21.7. The molecule has 3 aromatic carbocycles. The molecule has 1 aliphatic heterocycles. The molecule has 3 aromatic rings. The Morgan fingerprint density at radius 2 is 1.53 bits per heavy atom. The lowest BCUT2D eigenvalue weighted by atomic mass is 10.0. The molecular formula is C24H18Cl2N2O4. The Balaban J connectivity index is 1.83. The number of hydrogen-bond donors (Lipinski definition) is 1. The van der Waals surface area contributed by atoms with Crippen molar-refractivity contribution in [1.82, 2.24) is 0 Å². The van der Waals surface area contributed by atoms with Crippen LogP contribution in [0.2, 0.25) is 10.0 Å². The van der Waals surface area contributed by atoms with Gasteiger partial charge < -0.3 is 14.8 Å². The van der Waals surface area contributed by atoms with Crippen LogP contribution in [0.25, 0.3) is 5.57 Å². The van der Waals surface area contributed by atoms with Crippen molar-refractivity contribution in [1.29, 1.82) is 0 Å². The lowest BCUT2D eigenvalue weighted by Gasteiger charge is -2.17. The largest absolute Gasteiger partial charge is 0.493 e. The number of carbonyl (C=O) groups excluding carboxylic acids is 2. The van der Waals surface area contributed by atoms with Gasteiger partial charge in [-0.05, 0) is 29.8 Å². The molecule has 1 aliphatic rings. The lowest BCUT2D eigenvalue weighted by molar-refractivity contribution is -0.120. The number of rotatable bonds is 6. The predicted molar refractivity (Wildman–Crippen MR) is 125 cm³/mol. The van der Waals surface area contributed by atoms with Crippen molar-refractivity contribution in [3.63, 3.8) is 0 Å². The van der Waals surface area contributed by atoms with E-state index in [2.05, 4.69) is 5.32 Å². The van der Waals surface area contributed by atoms with Crippen molar-refractivity contribution >= 4 is 52.0 Å². The van der Waals surface area contributed by atoms with Crippen LogP contribution in [0.1, 0.15) is 5.56 Å². The zero-order valence-electron chi connectivity index (χ0n) is 17.2. The minimum Gasteiger partial charge on any atom is -0.493 e. The van der Waals surface area contributed by atoms with Crippen LogP contribution in [0.3, 0.4) is 0 Å². The van der Waals surface area contributed by atoms with Gasteiger partial charge in [0, 0.05) is 11.8 Å². The van der Waals surface area contributed by atoms with E-state index in [1.54, 1.807) is 60.7 Å². The van der Waals surface area contributed by atoms with Crippen molar-refractivity contribution in [3.8, 4) is 11.5 Å². The smallest absolute Gasteiger partial charge is 0.282 e. The zero-order chi connectivity index (χ0) is 22.8. The summed E-state index contributed by atoms with van der Waals surface area (Å²) in [7, 11) is 3.05. The third-order valence-corrected chi connectivity index (χ3v) is 5.78. The van der Waals surface area contributed by atoms with Crippen LogP contribution in [0.15, 0.2) is 72.4 Å². The Morgan fingerprint density at radius 3 is 2.22 bits per heavy atom. The minimum atomic E-state index is -0.548. The highest BCUT2D eigenvalue weighted by molar-refractivity contribution is 6.50. The summed E-state index contributed by atoms with van der Waals surface area (Å²) >= 11 is 12.5. The molecule has 2 amide bonds. The van der Waals surface area contributed by atoms with E-state index < -0.39 is 11.8 Å². The summed E-state index contributed by atoms with van der Waals surface area (Å²) < 4.78 is 10.6. The predicted octanol–water partition coefficient (Wildman–Crippen LogP) is 5.41. The Labute approximate surface area is 195 Å². The number of methoxy groups -OCH3 is 2. The number of ether oxygens (including phenoxy) is 2. The number of benzene rings is 3. The van der Waals surface area contributed by atoms with E-state index >= 15 is 0 Å². The maximum atomic E-state index is 13.5. The highest BCUT2D eigenvalue weighted by Crippen LogP contribution is 2.39. The van der Waals surface area contributed by atoms with Crippen molar-refractivity contribution < 1.29 is 19.1 Å². The average molecular weight is 469 g/mol. The molecule has 32 heavy (non-hydrogen) atoms. The second kappa shape index (κ2) is 8.94. The van der Waals surface area contributed by atoms with E-state index in [1.807, 2.05) is 6.07 Å². The maximum absolute atomic E-state index is 13.5. The quantitative estimate of drug-likeness (QED) is 0.490. The molecule has 0 aromatic heterocycles. The number of amides is 2. The molecule has 0 radical (unpaired) electrons. The third-order valence-electron chi connectivity index (χ3n) is 4.97. The number of hydrogen-bond acceptors (Lipinski definition) is 5. The summed E-state index contributed by atoms with van der Waals surface area (Å²) in [6.07, 6.45) is 0. The monoisotopic (exact) mass is 468 g/mol. The molecule has 6 nitrogen and oxygen atoms in total. The highest BCUT2D eigenvalue weighted by Gasteiger charge is 2.41. The Bertz CT molecular complexity index is 1240. The summed E-state index contributed by atoms with van der Waals surface area (Å²) in [4.78, 5) is 28.0. The highest BCUT2D eigenvalue weighted by atomic mass is 35.5. The van der Waals surface area contributed by atoms with Crippen LogP contribution in [-0.4, -0.2) is 26.0 Å². The van der Waals surface area contributed by atoms with E-state index in [4.69, 9.17) is 32.7 Å². The van der Waals surface area contributed by atoms with E-state index in [9.17, 15) is 9.59 Å². The average Bonchev–Trinajstić information content (AvgIpc) is 3.05. The van der Waals surface area contributed by atoms with Gasteiger partial charge in [0.25, 0.3) is 11.8 Å². The van der Waals surface area contributed by atoms with E-state index in [-0.39, 0.29) is 27.0 Å². The van der Waals surface area contributed by atoms with E-state index in [1.165, 1.54) is 14.2 Å². The van der Waals surface area contributed by atoms with Gasteiger partial charge in [0.05, 0.1) is 35.5 Å². The van der Waals surface area contributed by atoms with Gasteiger partial charge in [0.15, 0.2) is 11.5 Å². The SMILES string of the molecule is COc1ccc(NC2=C(c3ccccc3)C(=O)N(c3cccc(Cl)c3Cl)C2=O)cc1OC. The summed E-state index contributed by atoms with van der Waals surface area (Å²) in [6.45, 7) is 0. The van der Waals surface area contributed by atoms with Crippen LogP contribution >= 0.6 is 23.2 Å². The third kappa shape index (κ3) is 3.79. The summed E-state index contributed by atoms with van der Waals surface area (Å²) in [6, 6.07) is 18.9. The molecule has 0 bridgehead atoms. The van der Waals surface area contributed by atoms with Gasteiger partial charge >= 0.3 is 0 Å².